The Morgan fingerprint density at radius 2 is 1.77 bits per heavy atom. The maximum atomic E-state index is 13.2. The Morgan fingerprint density at radius 3 is 2.43 bits per heavy atom. The molecular formula is C25H33N3O6S. The SMILES string of the molecule is CNC(=O)C(C)N(Cc1ccccc1C)C(=O)CCCN(c1ccc2c(c1)OCCO2)S(C)(=O)=O. The molecule has 0 bridgehead atoms. The molecule has 1 atom stereocenters. The second kappa shape index (κ2) is 11.4. The number of hydrogen-bond donors (Lipinski definition) is 1. The second-order valence-electron chi connectivity index (χ2n) is 8.50. The third kappa shape index (κ3) is 6.66. The number of sulfonamides is 1. The lowest BCUT2D eigenvalue weighted by molar-refractivity contribution is -0.140. The highest BCUT2D eigenvalue weighted by Gasteiger charge is 2.27. The minimum atomic E-state index is -3.60. The molecule has 10 heteroatoms. The number of carbonyl (C=O) groups excluding carboxylic acids is 2. The van der Waals surface area contributed by atoms with Crippen molar-refractivity contribution in [1.29, 1.82) is 0 Å². The van der Waals surface area contributed by atoms with Crippen LogP contribution in [0, 0.1) is 6.92 Å². The van der Waals surface area contributed by atoms with Crippen LogP contribution in [-0.4, -0.2) is 64.2 Å². The zero-order valence-corrected chi connectivity index (χ0v) is 21.4. The number of ether oxygens (including phenoxy) is 2. The smallest absolute Gasteiger partial charge is 0.242 e. The van der Waals surface area contributed by atoms with Crippen LogP contribution >= 0.6 is 0 Å². The monoisotopic (exact) mass is 503 g/mol. The zero-order valence-electron chi connectivity index (χ0n) is 20.6. The maximum Gasteiger partial charge on any atom is 0.242 e. The van der Waals surface area contributed by atoms with E-state index in [2.05, 4.69) is 5.32 Å². The molecule has 2 amide bonds. The van der Waals surface area contributed by atoms with Crippen LogP contribution in [0.2, 0.25) is 0 Å². The van der Waals surface area contributed by atoms with Crippen LogP contribution in [0.5, 0.6) is 11.5 Å². The summed E-state index contributed by atoms with van der Waals surface area (Å²) in [6.07, 6.45) is 1.50. The molecule has 1 unspecified atom stereocenters. The minimum absolute atomic E-state index is 0.0871. The van der Waals surface area contributed by atoms with E-state index in [1.807, 2.05) is 31.2 Å². The fraction of sp³-hybridized carbons (Fsp3) is 0.440. The Balaban J connectivity index is 1.73. The van der Waals surface area contributed by atoms with Gasteiger partial charge < -0.3 is 19.7 Å². The number of nitrogens with zero attached hydrogens (tertiary/aromatic N) is 2. The number of fused-ring (bicyclic) bond motifs is 1. The van der Waals surface area contributed by atoms with Crippen molar-refractivity contribution in [3.63, 3.8) is 0 Å². The average Bonchev–Trinajstić information content (AvgIpc) is 2.84. The summed E-state index contributed by atoms with van der Waals surface area (Å²) in [5.74, 6) is 0.571. The van der Waals surface area contributed by atoms with E-state index in [4.69, 9.17) is 9.47 Å². The number of aryl methyl sites for hydroxylation is 1. The van der Waals surface area contributed by atoms with Gasteiger partial charge in [-0.25, -0.2) is 8.42 Å². The topological polar surface area (TPSA) is 105 Å². The molecule has 9 nitrogen and oxygen atoms in total. The lowest BCUT2D eigenvalue weighted by atomic mass is 10.1. The van der Waals surface area contributed by atoms with Gasteiger partial charge in [-0.05, 0) is 43.5 Å². The van der Waals surface area contributed by atoms with E-state index in [1.54, 1.807) is 25.1 Å². The highest BCUT2D eigenvalue weighted by Crippen LogP contribution is 2.34. The number of nitrogens with one attached hydrogen (secondary N) is 1. The number of carbonyl (C=O) groups is 2. The van der Waals surface area contributed by atoms with Crippen LogP contribution in [0.15, 0.2) is 42.5 Å². The normalized spacial score (nSPS) is 13.6. The minimum Gasteiger partial charge on any atom is -0.486 e. The summed E-state index contributed by atoms with van der Waals surface area (Å²) in [7, 11) is -2.07. The summed E-state index contributed by atoms with van der Waals surface area (Å²) in [5.41, 5.74) is 2.42. The molecule has 0 fully saturated rings. The van der Waals surface area contributed by atoms with Gasteiger partial charge in [0, 0.05) is 32.6 Å². The molecule has 0 radical (unpaired) electrons. The van der Waals surface area contributed by atoms with Gasteiger partial charge >= 0.3 is 0 Å². The highest BCUT2D eigenvalue weighted by atomic mass is 32.2. The van der Waals surface area contributed by atoms with E-state index in [9.17, 15) is 18.0 Å². The molecule has 0 spiro atoms. The quantitative estimate of drug-likeness (QED) is 0.534. The lowest BCUT2D eigenvalue weighted by Crippen LogP contribution is -2.47. The number of rotatable bonds is 10. The Bertz CT molecular complexity index is 1170. The van der Waals surface area contributed by atoms with Crippen molar-refractivity contribution in [3.8, 4) is 11.5 Å². The Kier molecular flexibility index (Phi) is 8.61. The molecule has 2 aromatic carbocycles. The Hall–Kier alpha value is -3.27. The van der Waals surface area contributed by atoms with Gasteiger partial charge in [0.05, 0.1) is 11.9 Å². The molecule has 1 aliphatic heterocycles. The van der Waals surface area contributed by atoms with Gasteiger partial charge in [-0.3, -0.25) is 13.9 Å². The van der Waals surface area contributed by atoms with Crippen LogP contribution in [0.25, 0.3) is 0 Å². The number of amides is 2. The van der Waals surface area contributed by atoms with Crippen molar-refractivity contribution in [1.82, 2.24) is 10.2 Å². The van der Waals surface area contributed by atoms with Crippen molar-refractivity contribution < 1.29 is 27.5 Å². The van der Waals surface area contributed by atoms with Crippen LogP contribution in [-0.2, 0) is 26.2 Å². The number of likely N-dealkylation sites (N-methyl/N-ethyl adjacent to an activating group) is 1. The molecule has 0 aliphatic carbocycles. The second-order valence-corrected chi connectivity index (χ2v) is 10.4. The summed E-state index contributed by atoms with van der Waals surface area (Å²) < 4.78 is 37.4. The molecule has 0 aromatic heterocycles. The molecular weight excluding hydrogens is 470 g/mol. The van der Waals surface area contributed by atoms with E-state index in [0.29, 0.717) is 30.4 Å². The van der Waals surface area contributed by atoms with Crippen LogP contribution in [0.4, 0.5) is 5.69 Å². The van der Waals surface area contributed by atoms with Crippen molar-refractivity contribution in [2.45, 2.75) is 39.3 Å². The first-order valence-electron chi connectivity index (χ1n) is 11.5. The van der Waals surface area contributed by atoms with Crippen molar-refractivity contribution in [2.75, 3.05) is 37.4 Å². The summed E-state index contributed by atoms with van der Waals surface area (Å²) >= 11 is 0. The average molecular weight is 504 g/mol. The third-order valence-electron chi connectivity index (χ3n) is 5.98. The van der Waals surface area contributed by atoms with Crippen molar-refractivity contribution >= 4 is 27.5 Å². The summed E-state index contributed by atoms with van der Waals surface area (Å²) in [5, 5.41) is 2.60. The molecule has 190 valence electrons. The highest BCUT2D eigenvalue weighted by molar-refractivity contribution is 7.92. The summed E-state index contributed by atoms with van der Waals surface area (Å²) in [6, 6.07) is 12.0. The van der Waals surface area contributed by atoms with Gasteiger partial charge in [-0.15, -0.1) is 0 Å². The van der Waals surface area contributed by atoms with Gasteiger partial charge in [-0.2, -0.15) is 0 Å². The molecule has 0 saturated heterocycles. The zero-order chi connectivity index (χ0) is 25.6. The number of anilines is 1. The number of benzene rings is 2. The van der Waals surface area contributed by atoms with Crippen molar-refractivity contribution in [3.05, 3.63) is 53.6 Å². The lowest BCUT2D eigenvalue weighted by Gasteiger charge is -2.29. The third-order valence-corrected chi connectivity index (χ3v) is 7.18. The van der Waals surface area contributed by atoms with E-state index in [0.717, 1.165) is 17.4 Å². The van der Waals surface area contributed by atoms with Gasteiger partial charge in [0.25, 0.3) is 0 Å². The standard InChI is InChI=1S/C25H33N3O6S/c1-18-8-5-6-9-20(18)17-27(19(2)25(30)26-3)24(29)10-7-13-28(35(4,31)32)21-11-12-22-23(16-21)34-15-14-33-22/h5-6,8-9,11-12,16,19H,7,10,13-15,17H2,1-4H3,(H,26,30). The first-order chi connectivity index (χ1) is 16.6. The van der Waals surface area contributed by atoms with E-state index >= 15 is 0 Å². The predicted octanol–water partition coefficient (Wildman–Crippen LogP) is 2.48. The molecule has 3 rings (SSSR count). The fourth-order valence-electron chi connectivity index (χ4n) is 3.95. The largest absolute Gasteiger partial charge is 0.486 e. The van der Waals surface area contributed by atoms with Gasteiger partial charge in [0.2, 0.25) is 21.8 Å². The fourth-order valence-corrected chi connectivity index (χ4v) is 4.91. The van der Waals surface area contributed by atoms with Crippen molar-refractivity contribution in [2.24, 2.45) is 0 Å². The molecule has 1 N–H and O–H groups in total. The Labute approximate surface area is 207 Å². The molecule has 0 saturated carbocycles. The van der Waals surface area contributed by atoms with E-state index < -0.39 is 16.1 Å². The molecule has 2 aromatic rings. The van der Waals surface area contributed by atoms with Crippen LogP contribution in [0.3, 0.4) is 0 Å². The number of hydrogen-bond acceptors (Lipinski definition) is 6. The van der Waals surface area contributed by atoms with Crippen LogP contribution < -0.4 is 19.1 Å². The summed E-state index contributed by atoms with van der Waals surface area (Å²) in [6.45, 7) is 4.88. The summed E-state index contributed by atoms with van der Waals surface area (Å²) in [4.78, 5) is 27.1. The first-order valence-corrected chi connectivity index (χ1v) is 13.4. The maximum absolute atomic E-state index is 13.2. The molecule has 1 heterocycles. The Morgan fingerprint density at radius 1 is 1.09 bits per heavy atom. The predicted molar refractivity (Wildman–Crippen MR) is 134 cm³/mol. The van der Waals surface area contributed by atoms with Crippen LogP contribution in [0.1, 0.15) is 30.9 Å². The molecule has 1 aliphatic rings. The first kappa shape index (κ1) is 26.3. The van der Waals surface area contributed by atoms with Gasteiger partial charge in [-0.1, -0.05) is 24.3 Å². The van der Waals surface area contributed by atoms with E-state index in [1.165, 1.54) is 16.3 Å². The van der Waals surface area contributed by atoms with Gasteiger partial charge in [0.1, 0.15) is 19.3 Å². The molecule has 35 heavy (non-hydrogen) atoms. The van der Waals surface area contributed by atoms with Gasteiger partial charge in [0.15, 0.2) is 11.5 Å². The van der Waals surface area contributed by atoms with E-state index in [-0.39, 0.29) is 37.7 Å².